The molecule has 0 bridgehead atoms. The molecule has 2 heterocycles. The van der Waals surface area contributed by atoms with Crippen LogP contribution in [-0.4, -0.2) is 41.3 Å². The summed E-state index contributed by atoms with van der Waals surface area (Å²) < 4.78 is 30.0. The molecule has 2 aromatic carbocycles. The summed E-state index contributed by atoms with van der Waals surface area (Å²) in [5.41, 5.74) is 2.69. The number of amides is 1. The maximum atomic E-state index is 13.9. The molecule has 0 aliphatic rings. The fraction of sp³-hybridized carbons (Fsp3) is 0.250. The Kier molecular flexibility index (Phi) is 6.38. The van der Waals surface area contributed by atoms with Gasteiger partial charge in [-0.1, -0.05) is 55.5 Å². The molecule has 0 atom stereocenters. The molecule has 0 saturated heterocycles. The largest absolute Gasteiger partial charge is 0.345 e. The molecule has 0 aliphatic heterocycles. The first-order valence-corrected chi connectivity index (χ1v) is 13.0. The molecule has 0 aliphatic carbocycles. The van der Waals surface area contributed by atoms with E-state index in [1.54, 1.807) is 30.4 Å². The van der Waals surface area contributed by atoms with Crippen molar-refractivity contribution in [1.82, 2.24) is 13.9 Å². The van der Waals surface area contributed by atoms with Gasteiger partial charge in [0.05, 0.1) is 15.9 Å². The number of rotatable bonds is 7. The third-order valence-corrected chi connectivity index (χ3v) is 8.61. The van der Waals surface area contributed by atoms with Crippen LogP contribution in [0.1, 0.15) is 29.9 Å². The topological polar surface area (TPSA) is 75.5 Å². The van der Waals surface area contributed by atoms with Crippen molar-refractivity contribution in [1.29, 1.82) is 0 Å². The molecule has 9 heteroatoms. The maximum Gasteiger partial charge on any atom is 0.281 e. The van der Waals surface area contributed by atoms with Crippen molar-refractivity contribution in [3.63, 3.8) is 0 Å². The van der Waals surface area contributed by atoms with E-state index in [2.05, 4.69) is 0 Å². The molecule has 0 N–H and O–H groups in total. The van der Waals surface area contributed by atoms with Crippen molar-refractivity contribution in [3.05, 3.63) is 72.1 Å². The highest BCUT2D eigenvalue weighted by atomic mass is 32.2. The lowest BCUT2D eigenvalue weighted by atomic mass is 10.2. The molecule has 0 spiro atoms. The Morgan fingerprint density at radius 2 is 1.73 bits per heavy atom. The predicted molar refractivity (Wildman–Crippen MR) is 133 cm³/mol. The molecular weight excluding hydrogens is 456 g/mol. The summed E-state index contributed by atoms with van der Waals surface area (Å²) in [6, 6.07) is 16.8. The van der Waals surface area contributed by atoms with Gasteiger partial charge in [0.2, 0.25) is 10.0 Å². The average Bonchev–Trinajstić information content (AvgIpc) is 3.39. The number of hydrogen-bond donors (Lipinski definition) is 0. The van der Waals surface area contributed by atoms with E-state index >= 15 is 0 Å². The Labute approximate surface area is 198 Å². The number of aromatic nitrogens is 2. The van der Waals surface area contributed by atoms with Gasteiger partial charge in [0.15, 0.2) is 5.13 Å². The molecular formula is C24H26N4O3S2. The van der Waals surface area contributed by atoms with E-state index in [1.807, 2.05) is 55.5 Å². The van der Waals surface area contributed by atoms with Crippen molar-refractivity contribution in [2.24, 2.45) is 7.05 Å². The van der Waals surface area contributed by atoms with Gasteiger partial charge >= 0.3 is 0 Å². The number of fused-ring (bicyclic) bond motifs is 1. The van der Waals surface area contributed by atoms with Gasteiger partial charge in [0, 0.05) is 26.3 Å². The fourth-order valence-electron chi connectivity index (χ4n) is 3.78. The van der Waals surface area contributed by atoms with Crippen molar-refractivity contribution in [2.75, 3.05) is 18.0 Å². The molecule has 0 radical (unpaired) electrons. The maximum absolute atomic E-state index is 13.9. The SMILES string of the molecule is CCN(CC)S(=O)(=O)c1cc(C(=O)N(c2nc3ccccc3s2)c2ccccc2C)n(C)c1. The average molecular weight is 483 g/mol. The van der Waals surface area contributed by atoms with Crippen LogP contribution in [0, 0.1) is 6.92 Å². The molecule has 172 valence electrons. The number of nitrogens with zero attached hydrogens (tertiary/aromatic N) is 4. The minimum atomic E-state index is -3.69. The summed E-state index contributed by atoms with van der Waals surface area (Å²) in [5, 5.41) is 0.532. The lowest BCUT2D eigenvalue weighted by Gasteiger charge is -2.22. The van der Waals surface area contributed by atoms with Gasteiger partial charge in [-0.05, 0) is 36.8 Å². The number of carbonyl (C=O) groups is 1. The highest BCUT2D eigenvalue weighted by Gasteiger charge is 2.30. The number of benzene rings is 2. The van der Waals surface area contributed by atoms with Gasteiger partial charge < -0.3 is 4.57 Å². The summed E-state index contributed by atoms with van der Waals surface area (Å²) in [6.45, 7) is 6.24. The van der Waals surface area contributed by atoms with E-state index in [4.69, 9.17) is 4.98 Å². The van der Waals surface area contributed by atoms with Crippen LogP contribution in [0.15, 0.2) is 65.7 Å². The van der Waals surface area contributed by atoms with Crippen LogP contribution in [0.3, 0.4) is 0 Å². The van der Waals surface area contributed by atoms with E-state index in [0.717, 1.165) is 15.8 Å². The number of thiazole rings is 1. The van der Waals surface area contributed by atoms with E-state index in [-0.39, 0.29) is 16.5 Å². The number of aryl methyl sites for hydroxylation is 2. The molecule has 0 saturated carbocycles. The van der Waals surface area contributed by atoms with Crippen LogP contribution in [0.5, 0.6) is 0 Å². The molecule has 4 aromatic rings. The molecule has 0 fully saturated rings. The Morgan fingerprint density at radius 1 is 1.06 bits per heavy atom. The minimum Gasteiger partial charge on any atom is -0.345 e. The van der Waals surface area contributed by atoms with Gasteiger partial charge in [0.1, 0.15) is 10.6 Å². The zero-order valence-corrected chi connectivity index (χ0v) is 20.7. The van der Waals surface area contributed by atoms with Crippen molar-refractivity contribution in [3.8, 4) is 0 Å². The molecule has 2 aromatic heterocycles. The van der Waals surface area contributed by atoms with Crippen LogP contribution in [0.2, 0.25) is 0 Å². The van der Waals surface area contributed by atoms with Crippen LogP contribution in [0.4, 0.5) is 10.8 Å². The smallest absolute Gasteiger partial charge is 0.281 e. The van der Waals surface area contributed by atoms with Crippen LogP contribution in [0.25, 0.3) is 10.2 Å². The second-order valence-electron chi connectivity index (χ2n) is 7.65. The van der Waals surface area contributed by atoms with Crippen molar-refractivity contribution >= 4 is 48.3 Å². The normalized spacial score (nSPS) is 11.9. The molecule has 4 rings (SSSR count). The van der Waals surface area contributed by atoms with E-state index in [9.17, 15) is 13.2 Å². The Hall–Kier alpha value is -3.01. The van der Waals surface area contributed by atoms with E-state index in [1.165, 1.54) is 27.9 Å². The first-order valence-electron chi connectivity index (χ1n) is 10.7. The molecule has 0 unspecified atom stereocenters. The molecule has 33 heavy (non-hydrogen) atoms. The number of sulfonamides is 1. The van der Waals surface area contributed by atoms with Crippen molar-refractivity contribution in [2.45, 2.75) is 25.7 Å². The number of hydrogen-bond acceptors (Lipinski definition) is 5. The van der Waals surface area contributed by atoms with Crippen molar-refractivity contribution < 1.29 is 13.2 Å². The minimum absolute atomic E-state index is 0.103. The highest BCUT2D eigenvalue weighted by molar-refractivity contribution is 7.89. The lowest BCUT2D eigenvalue weighted by Crippen LogP contribution is -2.30. The summed E-state index contributed by atoms with van der Waals surface area (Å²) >= 11 is 1.42. The van der Waals surface area contributed by atoms with Gasteiger partial charge in [-0.15, -0.1) is 0 Å². The molecule has 1 amide bonds. The summed E-state index contributed by atoms with van der Waals surface area (Å²) in [6.07, 6.45) is 1.50. The number of para-hydroxylation sites is 2. The monoisotopic (exact) mass is 482 g/mol. The second-order valence-corrected chi connectivity index (χ2v) is 10.6. The summed E-state index contributed by atoms with van der Waals surface area (Å²) in [5.74, 6) is -0.341. The van der Waals surface area contributed by atoms with Crippen LogP contribution >= 0.6 is 11.3 Å². The first kappa shape index (κ1) is 23.2. The van der Waals surface area contributed by atoms with Gasteiger partial charge in [0.25, 0.3) is 5.91 Å². The Morgan fingerprint density at radius 3 is 2.39 bits per heavy atom. The third kappa shape index (κ3) is 4.19. The summed E-state index contributed by atoms with van der Waals surface area (Å²) in [7, 11) is -2.01. The zero-order valence-electron chi connectivity index (χ0n) is 19.0. The van der Waals surface area contributed by atoms with Gasteiger partial charge in [-0.2, -0.15) is 4.31 Å². The van der Waals surface area contributed by atoms with E-state index in [0.29, 0.717) is 23.9 Å². The first-order chi connectivity index (χ1) is 15.8. The van der Waals surface area contributed by atoms with Crippen LogP contribution < -0.4 is 4.90 Å². The standard InChI is InChI=1S/C24H26N4O3S2/c1-5-27(6-2)33(30,31)18-15-21(26(4)16-18)23(29)28(20-13-9-7-11-17(20)3)24-25-19-12-8-10-14-22(19)32-24/h7-16H,5-6H2,1-4H3. The van der Waals surface area contributed by atoms with Crippen LogP contribution in [-0.2, 0) is 17.1 Å². The Balaban J connectivity index is 1.85. The highest BCUT2D eigenvalue weighted by Crippen LogP contribution is 2.36. The number of anilines is 2. The lowest BCUT2D eigenvalue weighted by molar-refractivity contribution is 0.0991. The quantitative estimate of drug-likeness (QED) is 0.373. The predicted octanol–water partition coefficient (Wildman–Crippen LogP) is 4.95. The number of carbonyl (C=O) groups excluding carboxylic acids is 1. The van der Waals surface area contributed by atoms with Gasteiger partial charge in [-0.3, -0.25) is 9.69 Å². The van der Waals surface area contributed by atoms with E-state index < -0.39 is 10.0 Å². The molecule has 7 nitrogen and oxygen atoms in total. The fourth-order valence-corrected chi connectivity index (χ4v) is 6.29. The Bertz CT molecular complexity index is 1390. The second kappa shape index (κ2) is 9.09. The van der Waals surface area contributed by atoms with Gasteiger partial charge in [-0.25, -0.2) is 13.4 Å². The summed E-state index contributed by atoms with van der Waals surface area (Å²) in [4.78, 5) is 20.3. The third-order valence-electron chi connectivity index (χ3n) is 5.58. The zero-order chi connectivity index (χ0) is 23.8.